The number of nitrogens with two attached hydrogens (primary N) is 1. The van der Waals surface area contributed by atoms with Crippen LogP contribution in [0.15, 0.2) is 40.8 Å². The van der Waals surface area contributed by atoms with Gasteiger partial charge >= 0.3 is 0 Å². The first-order valence-electron chi connectivity index (χ1n) is 6.51. The second kappa shape index (κ2) is 5.40. The Kier molecular flexibility index (Phi) is 3.87. The van der Waals surface area contributed by atoms with Gasteiger partial charge in [0.1, 0.15) is 11.5 Å². The van der Waals surface area contributed by atoms with Crippen molar-refractivity contribution in [2.45, 2.75) is 39.2 Å². The van der Waals surface area contributed by atoms with Crippen molar-refractivity contribution < 1.29 is 4.42 Å². The van der Waals surface area contributed by atoms with Crippen molar-refractivity contribution in [2.24, 2.45) is 5.73 Å². The molecule has 2 N–H and O–H groups in total. The highest BCUT2D eigenvalue weighted by atomic mass is 16.3. The van der Waals surface area contributed by atoms with Crippen LogP contribution in [0.5, 0.6) is 0 Å². The molecule has 0 aliphatic rings. The van der Waals surface area contributed by atoms with E-state index in [2.05, 4.69) is 37.3 Å². The molecule has 0 radical (unpaired) electrons. The van der Waals surface area contributed by atoms with E-state index in [1.165, 1.54) is 5.56 Å². The third-order valence-corrected chi connectivity index (χ3v) is 3.54. The van der Waals surface area contributed by atoms with E-state index in [9.17, 15) is 0 Å². The number of hydrogen-bond acceptors (Lipinski definition) is 2. The van der Waals surface area contributed by atoms with E-state index in [1.54, 1.807) is 0 Å². The molecule has 0 saturated heterocycles. The highest BCUT2D eigenvalue weighted by molar-refractivity contribution is 5.30. The smallest absolute Gasteiger partial charge is 0.105 e. The van der Waals surface area contributed by atoms with Gasteiger partial charge in [0.05, 0.1) is 0 Å². The Morgan fingerprint density at radius 2 is 1.83 bits per heavy atom. The van der Waals surface area contributed by atoms with E-state index in [0.29, 0.717) is 5.92 Å². The number of benzene rings is 1. The fourth-order valence-electron chi connectivity index (χ4n) is 2.60. The molecule has 2 aromatic rings. The van der Waals surface area contributed by atoms with Gasteiger partial charge in [0.2, 0.25) is 0 Å². The summed E-state index contributed by atoms with van der Waals surface area (Å²) >= 11 is 0. The minimum Gasteiger partial charge on any atom is -0.466 e. The summed E-state index contributed by atoms with van der Waals surface area (Å²) < 4.78 is 5.59. The Morgan fingerprint density at radius 1 is 1.17 bits per heavy atom. The fraction of sp³-hybridized carbons (Fsp3) is 0.375. The van der Waals surface area contributed by atoms with Crippen LogP contribution in [-0.2, 0) is 0 Å². The first-order valence-corrected chi connectivity index (χ1v) is 6.51. The maximum absolute atomic E-state index is 6.44. The first kappa shape index (κ1) is 12.9. The number of hydrogen-bond donors (Lipinski definition) is 1. The molecule has 0 amide bonds. The molecule has 2 atom stereocenters. The first-order chi connectivity index (χ1) is 8.63. The summed E-state index contributed by atoms with van der Waals surface area (Å²) in [5.74, 6) is 2.21. The van der Waals surface area contributed by atoms with Gasteiger partial charge in [0, 0.05) is 17.5 Å². The Morgan fingerprint density at radius 3 is 2.33 bits per heavy atom. The van der Waals surface area contributed by atoms with Crippen LogP contribution < -0.4 is 5.73 Å². The topological polar surface area (TPSA) is 39.2 Å². The summed E-state index contributed by atoms with van der Waals surface area (Å²) in [6, 6.07) is 12.5. The van der Waals surface area contributed by atoms with Crippen molar-refractivity contribution in [3.8, 4) is 0 Å². The van der Waals surface area contributed by atoms with Gasteiger partial charge < -0.3 is 10.2 Å². The lowest BCUT2D eigenvalue weighted by atomic mass is 9.86. The number of aryl methyl sites for hydroxylation is 2. The van der Waals surface area contributed by atoms with Crippen LogP contribution in [-0.4, -0.2) is 0 Å². The second-order valence-corrected chi connectivity index (χ2v) is 4.82. The van der Waals surface area contributed by atoms with E-state index >= 15 is 0 Å². The third-order valence-electron chi connectivity index (χ3n) is 3.54. The summed E-state index contributed by atoms with van der Waals surface area (Å²) in [6.45, 7) is 6.13. The van der Waals surface area contributed by atoms with E-state index in [1.807, 2.05) is 19.9 Å². The van der Waals surface area contributed by atoms with Crippen molar-refractivity contribution in [1.29, 1.82) is 0 Å². The van der Waals surface area contributed by atoms with Gasteiger partial charge in [0.15, 0.2) is 0 Å². The maximum Gasteiger partial charge on any atom is 0.105 e. The van der Waals surface area contributed by atoms with E-state index < -0.39 is 0 Å². The van der Waals surface area contributed by atoms with Gasteiger partial charge in [-0.15, -0.1) is 0 Å². The third kappa shape index (κ3) is 2.49. The van der Waals surface area contributed by atoms with Crippen LogP contribution in [0.3, 0.4) is 0 Å². The Balaban J connectivity index is 2.31. The second-order valence-electron chi connectivity index (χ2n) is 4.82. The van der Waals surface area contributed by atoms with Crippen LogP contribution >= 0.6 is 0 Å². The standard InChI is InChI=1S/C16H21NO/c1-4-14(13-8-6-5-7-9-13)16(17)15-10-11(2)18-12(15)3/h5-10,14,16H,4,17H2,1-3H3. The summed E-state index contributed by atoms with van der Waals surface area (Å²) in [5.41, 5.74) is 8.86. The molecule has 0 spiro atoms. The lowest BCUT2D eigenvalue weighted by molar-refractivity contribution is 0.484. The van der Waals surface area contributed by atoms with E-state index in [4.69, 9.17) is 10.2 Å². The molecule has 2 nitrogen and oxygen atoms in total. The van der Waals surface area contributed by atoms with Crippen LogP contribution in [0.2, 0.25) is 0 Å². The highest BCUT2D eigenvalue weighted by Gasteiger charge is 2.22. The van der Waals surface area contributed by atoms with Crippen molar-refractivity contribution >= 4 is 0 Å². The van der Waals surface area contributed by atoms with Gasteiger partial charge in [-0.1, -0.05) is 37.3 Å². The Bertz CT molecular complexity index is 501. The average Bonchev–Trinajstić information content (AvgIpc) is 2.70. The highest BCUT2D eigenvalue weighted by Crippen LogP contribution is 2.34. The Hall–Kier alpha value is -1.54. The fourth-order valence-corrected chi connectivity index (χ4v) is 2.60. The largest absolute Gasteiger partial charge is 0.466 e. The molecule has 2 rings (SSSR count). The zero-order valence-corrected chi connectivity index (χ0v) is 11.3. The number of furan rings is 1. The van der Waals surface area contributed by atoms with Crippen LogP contribution in [0.25, 0.3) is 0 Å². The minimum atomic E-state index is -0.00477. The van der Waals surface area contributed by atoms with Crippen molar-refractivity contribution in [2.75, 3.05) is 0 Å². The molecule has 18 heavy (non-hydrogen) atoms. The van der Waals surface area contributed by atoms with Crippen molar-refractivity contribution in [3.05, 3.63) is 59.0 Å². The lowest BCUT2D eigenvalue weighted by Gasteiger charge is -2.22. The van der Waals surface area contributed by atoms with Gasteiger partial charge in [-0.3, -0.25) is 0 Å². The van der Waals surface area contributed by atoms with E-state index in [-0.39, 0.29) is 6.04 Å². The Labute approximate surface area is 109 Å². The van der Waals surface area contributed by atoms with Crippen LogP contribution in [0, 0.1) is 13.8 Å². The SMILES string of the molecule is CCC(c1ccccc1)C(N)c1cc(C)oc1C. The molecule has 0 aliphatic heterocycles. The molecule has 96 valence electrons. The summed E-state index contributed by atoms with van der Waals surface area (Å²) in [7, 11) is 0. The molecule has 0 saturated carbocycles. The monoisotopic (exact) mass is 243 g/mol. The molecular formula is C16H21NO. The van der Waals surface area contributed by atoms with Crippen LogP contribution in [0.1, 0.15) is 48.0 Å². The molecule has 0 aliphatic carbocycles. The van der Waals surface area contributed by atoms with E-state index in [0.717, 1.165) is 23.5 Å². The predicted octanol–water partition coefficient (Wildman–Crippen LogP) is 4.09. The summed E-state index contributed by atoms with van der Waals surface area (Å²) in [4.78, 5) is 0. The van der Waals surface area contributed by atoms with Gasteiger partial charge in [0.25, 0.3) is 0 Å². The zero-order valence-electron chi connectivity index (χ0n) is 11.3. The van der Waals surface area contributed by atoms with Gasteiger partial charge in [-0.2, -0.15) is 0 Å². The quantitative estimate of drug-likeness (QED) is 0.878. The molecule has 0 bridgehead atoms. The molecule has 1 heterocycles. The number of rotatable bonds is 4. The average molecular weight is 243 g/mol. The molecular weight excluding hydrogens is 222 g/mol. The maximum atomic E-state index is 6.44. The normalized spacial score (nSPS) is 14.4. The summed E-state index contributed by atoms with van der Waals surface area (Å²) in [6.07, 6.45) is 1.02. The minimum absolute atomic E-state index is 0.00477. The van der Waals surface area contributed by atoms with Crippen molar-refractivity contribution in [1.82, 2.24) is 0 Å². The predicted molar refractivity (Wildman–Crippen MR) is 74.6 cm³/mol. The molecule has 2 unspecified atom stereocenters. The zero-order chi connectivity index (χ0) is 13.1. The van der Waals surface area contributed by atoms with Gasteiger partial charge in [-0.05, 0) is 31.9 Å². The van der Waals surface area contributed by atoms with Gasteiger partial charge in [-0.25, -0.2) is 0 Å². The van der Waals surface area contributed by atoms with Crippen LogP contribution in [0.4, 0.5) is 0 Å². The van der Waals surface area contributed by atoms with Crippen molar-refractivity contribution in [3.63, 3.8) is 0 Å². The summed E-state index contributed by atoms with van der Waals surface area (Å²) in [5, 5.41) is 0. The molecule has 2 heteroatoms. The molecule has 1 aromatic carbocycles. The lowest BCUT2D eigenvalue weighted by Crippen LogP contribution is -2.19. The molecule has 1 aromatic heterocycles. The molecule has 0 fully saturated rings.